The quantitative estimate of drug-likeness (QED) is 0.783. The standard InChI is InChI=1S/C18H26N2O4S/c1-13-6-4-5-7-17(13)19-18(22)12-20(3)25(23,24)16-10-8-15(9-11-16)14(2)21/h8-11,13,17H,4-7,12H2,1-3H3,(H,19,22)/t13-,17-/m1/s1. The lowest BCUT2D eigenvalue weighted by Gasteiger charge is -2.30. The number of carbonyl (C=O) groups is 2. The minimum atomic E-state index is -3.77. The molecule has 0 aliphatic heterocycles. The summed E-state index contributed by atoms with van der Waals surface area (Å²) in [6.07, 6.45) is 4.29. The van der Waals surface area contributed by atoms with Crippen molar-refractivity contribution in [2.75, 3.05) is 13.6 Å². The molecule has 2 atom stereocenters. The number of carbonyl (C=O) groups excluding carboxylic acids is 2. The second kappa shape index (κ2) is 8.10. The molecule has 0 heterocycles. The highest BCUT2D eigenvalue weighted by Gasteiger charge is 2.26. The van der Waals surface area contributed by atoms with Gasteiger partial charge in [-0.2, -0.15) is 4.31 Å². The zero-order chi connectivity index (χ0) is 18.6. The molecular formula is C18H26N2O4S. The van der Waals surface area contributed by atoms with Crippen molar-refractivity contribution in [2.45, 2.75) is 50.5 Å². The van der Waals surface area contributed by atoms with Crippen LogP contribution in [0.1, 0.15) is 49.9 Å². The van der Waals surface area contributed by atoms with E-state index >= 15 is 0 Å². The summed E-state index contributed by atoms with van der Waals surface area (Å²) in [6, 6.07) is 5.86. The van der Waals surface area contributed by atoms with E-state index in [-0.39, 0.29) is 29.2 Å². The molecule has 0 bridgehead atoms. The zero-order valence-corrected chi connectivity index (χ0v) is 15.8. The Morgan fingerprint density at radius 2 is 1.76 bits per heavy atom. The average Bonchev–Trinajstić information content (AvgIpc) is 2.57. The third-order valence-corrected chi connectivity index (χ3v) is 6.61. The van der Waals surface area contributed by atoms with E-state index in [2.05, 4.69) is 12.2 Å². The fraction of sp³-hybridized carbons (Fsp3) is 0.556. The Morgan fingerprint density at radius 3 is 2.32 bits per heavy atom. The number of ketones is 1. The second-order valence-corrected chi connectivity index (χ2v) is 8.82. The van der Waals surface area contributed by atoms with Crippen LogP contribution in [0, 0.1) is 5.92 Å². The highest BCUT2D eigenvalue weighted by atomic mass is 32.2. The van der Waals surface area contributed by atoms with E-state index in [1.54, 1.807) is 0 Å². The van der Waals surface area contributed by atoms with Gasteiger partial charge in [0.25, 0.3) is 0 Å². The highest BCUT2D eigenvalue weighted by Crippen LogP contribution is 2.23. The SMILES string of the molecule is CC(=O)c1ccc(S(=O)(=O)N(C)CC(=O)N[C@@H]2CCCC[C@H]2C)cc1. The van der Waals surface area contributed by atoms with Gasteiger partial charge in [-0.05, 0) is 37.8 Å². The maximum atomic E-state index is 12.6. The van der Waals surface area contributed by atoms with Crippen molar-refractivity contribution < 1.29 is 18.0 Å². The van der Waals surface area contributed by atoms with E-state index in [4.69, 9.17) is 0 Å². The lowest BCUT2D eigenvalue weighted by atomic mass is 9.86. The Balaban J connectivity index is 2.01. The number of hydrogen-bond donors (Lipinski definition) is 1. The first-order valence-corrected chi connectivity index (χ1v) is 10.0. The third-order valence-electron chi connectivity index (χ3n) is 4.79. The van der Waals surface area contributed by atoms with Crippen molar-refractivity contribution >= 4 is 21.7 Å². The number of amides is 1. The molecule has 0 radical (unpaired) electrons. The smallest absolute Gasteiger partial charge is 0.243 e. The molecule has 138 valence electrons. The number of sulfonamides is 1. The average molecular weight is 366 g/mol. The van der Waals surface area contributed by atoms with Crippen molar-refractivity contribution in [3.05, 3.63) is 29.8 Å². The first-order chi connectivity index (χ1) is 11.7. The van der Waals surface area contributed by atoms with E-state index in [9.17, 15) is 18.0 Å². The number of likely N-dealkylation sites (N-methyl/N-ethyl adjacent to an activating group) is 1. The fourth-order valence-corrected chi connectivity index (χ4v) is 4.24. The van der Waals surface area contributed by atoms with Crippen molar-refractivity contribution in [3.63, 3.8) is 0 Å². The summed E-state index contributed by atoms with van der Waals surface area (Å²) in [4.78, 5) is 23.6. The summed E-state index contributed by atoms with van der Waals surface area (Å²) in [6.45, 7) is 3.31. The summed E-state index contributed by atoms with van der Waals surface area (Å²) in [5, 5.41) is 2.96. The second-order valence-electron chi connectivity index (χ2n) is 6.78. The maximum absolute atomic E-state index is 12.6. The molecule has 1 N–H and O–H groups in total. The van der Waals surface area contributed by atoms with Gasteiger partial charge in [0.05, 0.1) is 11.4 Å². The van der Waals surface area contributed by atoms with Gasteiger partial charge in [-0.3, -0.25) is 9.59 Å². The van der Waals surface area contributed by atoms with Crippen molar-refractivity contribution in [1.82, 2.24) is 9.62 Å². The monoisotopic (exact) mass is 366 g/mol. The highest BCUT2D eigenvalue weighted by molar-refractivity contribution is 7.89. The van der Waals surface area contributed by atoms with Gasteiger partial charge in [0.15, 0.2) is 5.78 Å². The molecular weight excluding hydrogens is 340 g/mol. The lowest BCUT2D eigenvalue weighted by Crippen LogP contribution is -2.46. The van der Waals surface area contributed by atoms with Crippen LogP contribution in [0.15, 0.2) is 29.2 Å². The largest absolute Gasteiger partial charge is 0.352 e. The normalized spacial score (nSPS) is 21.1. The van der Waals surface area contributed by atoms with Gasteiger partial charge >= 0.3 is 0 Å². The summed E-state index contributed by atoms with van der Waals surface area (Å²) < 4.78 is 26.2. The Hall–Kier alpha value is -1.73. The van der Waals surface area contributed by atoms with Crippen LogP contribution in [0.4, 0.5) is 0 Å². The van der Waals surface area contributed by atoms with Crippen molar-refractivity contribution in [1.29, 1.82) is 0 Å². The van der Waals surface area contributed by atoms with Gasteiger partial charge in [-0.15, -0.1) is 0 Å². The molecule has 1 fully saturated rings. The molecule has 0 unspecified atom stereocenters. The van der Waals surface area contributed by atoms with Crippen LogP contribution in [0.2, 0.25) is 0 Å². The zero-order valence-electron chi connectivity index (χ0n) is 15.0. The van der Waals surface area contributed by atoms with Crippen molar-refractivity contribution in [2.24, 2.45) is 5.92 Å². The van der Waals surface area contributed by atoms with Crippen molar-refractivity contribution in [3.8, 4) is 0 Å². The van der Waals surface area contributed by atoms with Crippen LogP contribution in [-0.2, 0) is 14.8 Å². The molecule has 1 aromatic rings. The Morgan fingerprint density at radius 1 is 1.16 bits per heavy atom. The number of benzene rings is 1. The molecule has 1 aliphatic carbocycles. The van der Waals surface area contributed by atoms with Gasteiger partial charge in [-0.25, -0.2) is 8.42 Å². The number of nitrogens with one attached hydrogen (secondary N) is 1. The maximum Gasteiger partial charge on any atom is 0.243 e. The van der Waals surface area contributed by atoms with Gasteiger partial charge in [-0.1, -0.05) is 31.9 Å². The molecule has 0 saturated heterocycles. The van der Waals surface area contributed by atoms with Crippen LogP contribution in [0.3, 0.4) is 0 Å². The number of nitrogens with zero attached hydrogens (tertiary/aromatic N) is 1. The molecule has 1 aromatic carbocycles. The summed E-state index contributed by atoms with van der Waals surface area (Å²) in [5.41, 5.74) is 0.450. The molecule has 1 saturated carbocycles. The van der Waals surface area contributed by atoms with Gasteiger partial charge in [0, 0.05) is 18.7 Å². The summed E-state index contributed by atoms with van der Waals surface area (Å²) >= 11 is 0. The van der Waals surface area contributed by atoms with E-state index in [1.165, 1.54) is 44.7 Å². The third kappa shape index (κ3) is 4.89. The number of hydrogen-bond acceptors (Lipinski definition) is 4. The first kappa shape index (κ1) is 19.6. The minimum Gasteiger partial charge on any atom is -0.352 e. The molecule has 6 nitrogen and oxygen atoms in total. The Bertz CT molecular complexity index is 728. The molecule has 1 amide bonds. The van der Waals surface area contributed by atoms with Gasteiger partial charge in [0.1, 0.15) is 0 Å². The van der Waals surface area contributed by atoms with E-state index in [1.807, 2.05) is 0 Å². The molecule has 0 spiro atoms. The lowest BCUT2D eigenvalue weighted by molar-refractivity contribution is -0.122. The molecule has 7 heteroatoms. The Labute approximate surface area is 149 Å². The molecule has 25 heavy (non-hydrogen) atoms. The molecule has 0 aromatic heterocycles. The van der Waals surface area contributed by atoms with Crippen LogP contribution in [-0.4, -0.2) is 44.0 Å². The van der Waals surface area contributed by atoms with Crippen LogP contribution in [0.5, 0.6) is 0 Å². The van der Waals surface area contributed by atoms with Crippen LogP contribution < -0.4 is 5.32 Å². The Kier molecular flexibility index (Phi) is 6.35. The fourth-order valence-electron chi connectivity index (χ4n) is 3.11. The van der Waals surface area contributed by atoms with E-state index < -0.39 is 10.0 Å². The number of Topliss-reactive ketones (excluding diaryl/α,β-unsaturated/α-hetero) is 1. The predicted molar refractivity (Wildman–Crippen MR) is 95.8 cm³/mol. The first-order valence-electron chi connectivity index (χ1n) is 8.58. The number of rotatable bonds is 6. The van der Waals surface area contributed by atoms with E-state index in [0.29, 0.717) is 11.5 Å². The van der Waals surface area contributed by atoms with Crippen LogP contribution >= 0.6 is 0 Å². The van der Waals surface area contributed by atoms with Crippen LogP contribution in [0.25, 0.3) is 0 Å². The summed E-state index contributed by atoms with van der Waals surface area (Å²) in [5.74, 6) is 0.00204. The topological polar surface area (TPSA) is 83.6 Å². The summed E-state index contributed by atoms with van der Waals surface area (Å²) in [7, 11) is -2.38. The van der Waals surface area contributed by atoms with E-state index in [0.717, 1.165) is 23.6 Å². The predicted octanol–water partition coefficient (Wildman–Crippen LogP) is 2.20. The van der Waals surface area contributed by atoms with Gasteiger partial charge < -0.3 is 5.32 Å². The minimum absolute atomic E-state index is 0.0684. The molecule has 1 aliphatic rings. The molecule has 2 rings (SSSR count). The van der Waals surface area contributed by atoms with Gasteiger partial charge in [0.2, 0.25) is 15.9 Å².